The Morgan fingerprint density at radius 3 is 2.74 bits per heavy atom. The molecule has 0 spiro atoms. The number of imidazole rings is 1. The summed E-state index contributed by atoms with van der Waals surface area (Å²) in [5.41, 5.74) is 4.31. The number of nitrogens with zero attached hydrogens (tertiary/aromatic N) is 6. The summed E-state index contributed by atoms with van der Waals surface area (Å²) in [5, 5.41) is 11.5. The van der Waals surface area contributed by atoms with Gasteiger partial charge >= 0.3 is 6.09 Å². The molecule has 1 fully saturated rings. The predicted molar refractivity (Wildman–Crippen MR) is 130 cm³/mol. The molecular weight excluding hydrogens is 450 g/mol. The number of likely N-dealkylation sites (tertiary alicyclic amines) is 1. The molecule has 1 aliphatic heterocycles. The Kier molecular flexibility index (Phi) is 5.75. The van der Waals surface area contributed by atoms with Crippen LogP contribution in [0, 0.1) is 0 Å². The molecule has 1 aromatic carbocycles. The molecule has 11 heteroatoms. The Balaban J connectivity index is 1.56. The Hall–Kier alpha value is -4.15. The molecule has 2 N–H and O–H groups in total. The van der Waals surface area contributed by atoms with Gasteiger partial charge in [0.2, 0.25) is 0 Å². The average molecular weight is 478 g/mol. The minimum Gasteiger partial charge on any atom is -0.494 e. The van der Waals surface area contributed by atoms with Crippen LogP contribution in [0.1, 0.15) is 30.1 Å². The molecule has 182 valence electrons. The minimum atomic E-state index is -1.08. The molecule has 3 aromatic heterocycles. The van der Waals surface area contributed by atoms with Crippen molar-refractivity contribution < 1.29 is 19.4 Å². The van der Waals surface area contributed by atoms with Gasteiger partial charge in [-0.2, -0.15) is 0 Å². The van der Waals surface area contributed by atoms with E-state index in [4.69, 9.17) is 14.8 Å². The van der Waals surface area contributed by atoms with Gasteiger partial charge in [0.15, 0.2) is 11.5 Å². The lowest BCUT2D eigenvalue weighted by molar-refractivity contribution is 0.0692. The molecule has 35 heavy (non-hydrogen) atoms. The number of fused-ring (bicyclic) bond motifs is 2. The number of hydrogen-bond donors (Lipinski definition) is 2. The van der Waals surface area contributed by atoms with E-state index in [1.54, 1.807) is 36.5 Å². The van der Waals surface area contributed by atoms with Gasteiger partial charge in [0.25, 0.3) is 5.91 Å². The first-order valence-electron chi connectivity index (χ1n) is 11.5. The van der Waals surface area contributed by atoms with Crippen LogP contribution in [0.5, 0.6) is 5.75 Å². The maximum Gasteiger partial charge on any atom is 0.404 e. The third-order valence-electron chi connectivity index (χ3n) is 6.51. The molecule has 1 unspecified atom stereocenters. The molecule has 11 nitrogen and oxygen atoms in total. The van der Waals surface area contributed by atoms with E-state index in [2.05, 4.69) is 19.9 Å². The monoisotopic (exact) mass is 477 g/mol. The maximum absolute atomic E-state index is 13.4. The lowest BCUT2D eigenvalue weighted by Crippen LogP contribution is -2.49. The Morgan fingerprint density at radius 1 is 1.20 bits per heavy atom. The van der Waals surface area contributed by atoms with Crippen LogP contribution < -0.4 is 10.1 Å². The van der Waals surface area contributed by atoms with Gasteiger partial charge in [-0.3, -0.25) is 9.78 Å². The smallest absolute Gasteiger partial charge is 0.404 e. The van der Waals surface area contributed by atoms with Gasteiger partial charge in [-0.1, -0.05) is 0 Å². The number of aryl methyl sites for hydroxylation is 2. The maximum atomic E-state index is 13.4. The standard InChI is InChI=1S/C24H27N7O4/c1-4-31-18(12-17-21(31)26-8-7-25-17)22-28-16-10-14(11-19(35-3)20(16)29(22)2)23(32)30-9-5-6-15(13-30)27-24(33)34/h7-8,10-12,15,27H,4-6,9,13H2,1-3H3,(H,33,34). The van der Waals surface area contributed by atoms with E-state index in [9.17, 15) is 9.59 Å². The van der Waals surface area contributed by atoms with Gasteiger partial charge in [0, 0.05) is 50.7 Å². The van der Waals surface area contributed by atoms with Crippen molar-refractivity contribution in [3.8, 4) is 17.3 Å². The van der Waals surface area contributed by atoms with Crippen molar-refractivity contribution in [3.63, 3.8) is 0 Å². The molecule has 0 bridgehead atoms. The van der Waals surface area contributed by atoms with E-state index in [1.165, 1.54) is 0 Å². The van der Waals surface area contributed by atoms with Crippen molar-refractivity contribution in [1.82, 2.24) is 34.3 Å². The number of methoxy groups -OCH3 is 1. The number of rotatable bonds is 5. The van der Waals surface area contributed by atoms with E-state index in [-0.39, 0.29) is 11.9 Å². The molecule has 4 aromatic rings. The number of carbonyl (C=O) groups excluding carboxylic acids is 1. The highest BCUT2D eigenvalue weighted by Gasteiger charge is 2.27. The van der Waals surface area contributed by atoms with E-state index in [0.29, 0.717) is 48.7 Å². The van der Waals surface area contributed by atoms with Crippen molar-refractivity contribution >= 4 is 34.2 Å². The van der Waals surface area contributed by atoms with Crippen molar-refractivity contribution in [3.05, 3.63) is 36.2 Å². The summed E-state index contributed by atoms with van der Waals surface area (Å²) in [5.74, 6) is 1.08. The topological polar surface area (TPSA) is 127 Å². The first kappa shape index (κ1) is 22.6. The second-order valence-corrected chi connectivity index (χ2v) is 8.62. The van der Waals surface area contributed by atoms with Crippen molar-refractivity contribution in [2.45, 2.75) is 32.4 Å². The number of hydrogen-bond acceptors (Lipinski definition) is 6. The van der Waals surface area contributed by atoms with Gasteiger partial charge in [0.05, 0.1) is 18.3 Å². The number of nitrogens with one attached hydrogen (secondary N) is 1. The first-order valence-corrected chi connectivity index (χ1v) is 11.5. The van der Waals surface area contributed by atoms with E-state index in [0.717, 1.165) is 28.8 Å². The summed E-state index contributed by atoms with van der Waals surface area (Å²) in [6.07, 6.45) is 3.69. The largest absolute Gasteiger partial charge is 0.494 e. The molecule has 0 aliphatic carbocycles. The lowest BCUT2D eigenvalue weighted by atomic mass is 10.0. The average Bonchev–Trinajstić information content (AvgIpc) is 3.39. The van der Waals surface area contributed by atoms with Gasteiger partial charge in [-0.25, -0.2) is 14.8 Å². The van der Waals surface area contributed by atoms with Gasteiger partial charge in [-0.15, -0.1) is 0 Å². The van der Waals surface area contributed by atoms with Crippen LogP contribution in [0.15, 0.2) is 30.6 Å². The number of aromatic nitrogens is 5. The SMILES string of the molecule is CCn1c(-c2nc3cc(C(=O)N4CCCC(NC(=O)O)C4)cc(OC)c3n2C)cc2nccnc21. The molecular formula is C24H27N7O4. The Morgan fingerprint density at radius 2 is 2.00 bits per heavy atom. The summed E-state index contributed by atoms with van der Waals surface area (Å²) < 4.78 is 9.69. The zero-order valence-electron chi connectivity index (χ0n) is 19.9. The fourth-order valence-corrected chi connectivity index (χ4v) is 4.93. The zero-order valence-corrected chi connectivity index (χ0v) is 19.9. The number of ether oxygens (including phenoxy) is 1. The fourth-order valence-electron chi connectivity index (χ4n) is 4.93. The summed E-state index contributed by atoms with van der Waals surface area (Å²) >= 11 is 0. The van der Waals surface area contributed by atoms with Gasteiger partial charge in [-0.05, 0) is 38.0 Å². The zero-order chi connectivity index (χ0) is 24.7. The third-order valence-corrected chi connectivity index (χ3v) is 6.51. The van der Waals surface area contributed by atoms with Crippen LogP contribution in [0.3, 0.4) is 0 Å². The normalized spacial score (nSPS) is 16.1. The second kappa shape index (κ2) is 8.90. The van der Waals surface area contributed by atoms with Crippen molar-refractivity contribution in [2.24, 2.45) is 7.05 Å². The Labute approximate surface area is 201 Å². The highest BCUT2D eigenvalue weighted by molar-refractivity contribution is 6.00. The summed E-state index contributed by atoms with van der Waals surface area (Å²) in [4.78, 5) is 39.9. The molecule has 1 saturated heterocycles. The molecule has 0 saturated carbocycles. The predicted octanol–water partition coefficient (Wildman–Crippen LogP) is 2.89. The van der Waals surface area contributed by atoms with E-state index < -0.39 is 6.09 Å². The number of piperidine rings is 1. The molecule has 4 heterocycles. The van der Waals surface area contributed by atoms with Crippen molar-refractivity contribution in [1.29, 1.82) is 0 Å². The molecule has 5 rings (SSSR count). The second-order valence-electron chi connectivity index (χ2n) is 8.62. The van der Waals surface area contributed by atoms with E-state index in [1.807, 2.05) is 24.6 Å². The van der Waals surface area contributed by atoms with Crippen LogP contribution in [-0.2, 0) is 13.6 Å². The lowest BCUT2D eigenvalue weighted by Gasteiger charge is -2.32. The van der Waals surface area contributed by atoms with Crippen LogP contribution in [-0.4, -0.2) is 72.3 Å². The van der Waals surface area contributed by atoms with E-state index >= 15 is 0 Å². The molecule has 1 aliphatic rings. The fraction of sp³-hybridized carbons (Fsp3) is 0.375. The van der Waals surface area contributed by atoms with Crippen LogP contribution in [0.4, 0.5) is 4.79 Å². The highest BCUT2D eigenvalue weighted by Crippen LogP contribution is 2.34. The van der Waals surface area contributed by atoms with Crippen LogP contribution >= 0.6 is 0 Å². The quantitative estimate of drug-likeness (QED) is 0.452. The Bertz CT molecular complexity index is 1440. The van der Waals surface area contributed by atoms with Crippen LogP contribution in [0.25, 0.3) is 33.7 Å². The minimum absolute atomic E-state index is 0.176. The molecule has 2 amide bonds. The number of carbonyl (C=O) groups is 2. The molecule has 1 atom stereocenters. The third kappa shape index (κ3) is 3.92. The highest BCUT2D eigenvalue weighted by atomic mass is 16.5. The number of carboxylic acid groups (broad SMARTS) is 1. The first-order chi connectivity index (χ1) is 16.9. The van der Waals surface area contributed by atoms with Crippen LogP contribution in [0.2, 0.25) is 0 Å². The number of amides is 2. The summed E-state index contributed by atoms with van der Waals surface area (Å²) in [6.45, 7) is 3.64. The summed E-state index contributed by atoms with van der Waals surface area (Å²) in [6, 6.07) is 5.18. The van der Waals surface area contributed by atoms with Gasteiger partial charge in [0.1, 0.15) is 16.8 Å². The van der Waals surface area contributed by atoms with Crippen molar-refractivity contribution in [2.75, 3.05) is 20.2 Å². The van der Waals surface area contributed by atoms with Gasteiger partial charge < -0.3 is 29.2 Å². The summed E-state index contributed by atoms with van der Waals surface area (Å²) in [7, 11) is 3.49. The number of benzene rings is 1. The molecule has 0 radical (unpaired) electrons.